The van der Waals surface area contributed by atoms with Gasteiger partial charge in [0.25, 0.3) is 0 Å². The van der Waals surface area contributed by atoms with Gasteiger partial charge in [-0.1, -0.05) is 12.1 Å². The highest BCUT2D eigenvalue weighted by atomic mass is 16.4. The minimum Gasteiger partial charge on any atom is -0.508 e. The number of phenolic OH excluding ortho intramolecular Hbond substituents is 1. The summed E-state index contributed by atoms with van der Waals surface area (Å²) in [6.07, 6.45) is 0.343. The number of aliphatic carboxylic acids is 1. The highest BCUT2D eigenvalue weighted by Gasteiger charge is 2.28. The number of nitrogens with zero attached hydrogens (tertiary/aromatic N) is 1. The number of benzene rings is 1. The van der Waals surface area contributed by atoms with Crippen molar-refractivity contribution in [1.29, 1.82) is 0 Å². The molecule has 3 unspecified atom stereocenters. The van der Waals surface area contributed by atoms with Gasteiger partial charge in [0, 0.05) is 13.0 Å². The van der Waals surface area contributed by atoms with E-state index in [1.54, 1.807) is 0 Å². The molecule has 0 aliphatic carbocycles. The van der Waals surface area contributed by atoms with E-state index in [2.05, 4.69) is 20.9 Å². The lowest BCUT2D eigenvalue weighted by atomic mass is 10.0. The number of hydrogen-bond donors (Lipinski definition) is 9. The number of aromatic hydroxyl groups is 1. The van der Waals surface area contributed by atoms with Crippen LogP contribution in [0.5, 0.6) is 5.75 Å². The van der Waals surface area contributed by atoms with Crippen molar-refractivity contribution in [2.24, 2.45) is 22.2 Å². The molecule has 188 valence electrons. The van der Waals surface area contributed by atoms with Crippen molar-refractivity contribution in [2.75, 3.05) is 19.7 Å². The van der Waals surface area contributed by atoms with Crippen molar-refractivity contribution in [3.8, 4) is 5.75 Å². The number of amides is 3. The Morgan fingerprint density at radius 1 is 0.971 bits per heavy atom. The number of aliphatic hydroxyl groups excluding tert-OH is 1. The Balaban J connectivity index is 3.02. The first-order valence-corrected chi connectivity index (χ1v) is 10.3. The molecule has 0 spiro atoms. The molecule has 0 aliphatic heterocycles. The molecule has 0 heterocycles. The Kier molecular flexibility index (Phi) is 11.8. The van der Waals surface area contributed by atoms with Gasteiger partial charge in [-0.2, -0.15) is 0 Å². The lowest BCUT2D eigenvalue weighted by Gasteiger charge is -2.24. The summed E-state index contributed by atoms with van der Waals surface area (Å²) in [5.41, 5.74) is 16.6. The number of carbonyl (C=O) groups excluding carboxylic acids is 3. The number of guanidine groups is 1. The van der Waals surface area contributed by atoms with Crippen molar-refractivity contribution in [3.05, 3.63) is 29.8 Å². The molecule has 0 fully saturated rings. The number of aliphatic hydroxyl groups is 1. The van der Waals surface area contributed by atoms with Crippen molar-refractivity contribution < 1.29 is 34.5 Å². The van der Waals surface area contributed by atoms with Crippen molar-refractivity contribution in [2.45, 2.75) is 37.4 Å². The van der Waals surface area contributed by atoms with Crippen molar-refractivity contribution in [3.63, 3.8) is 0 Å². The number of aliphatic imine (C=N–C) groups is 1. The van der Waals surface area contributed by atoms with E-state index in [4.69, 9.17) is 27.4 Å². The first-order chi connectivity index (χ1) is 16.0. The Labute approximate surface area is 195 Å². The Morgan fingerprint density at radius 3 is 2.15 bits per heavy atom. The van der Waals surface area contributed by atoms with E-state index in [0.29, 0.717) is 12.0 Å². The van der Waals surface area contributed by atoms with Crippen LogP contribution in [0, 0.1) is 0 Å². The molecule has 0 aliphatic rings. The minimum absolute atomic E-state index is 0.00318. The average Bonchev–Trinajstić information content (AvgIpc) is 2.79. The second-order valence-electron chi connectivity index (χ2n) is 7.34. The molecule has 3 amide bonds. The highest BCUT2D eigenvalue weighted by Crippen LogP contribution is 2.12. The maximum atomic E-state index is 13.0. The third kappa shape index (κ3) is 10.6. The van der Waals surface area contributed by atoms with E-state index < -0.39 is 55.0 Å². The van der Waals surface area contributed by atoms with E-state index in [1.165, 1.54) is 24.3 Å². The number of carbonyl (C=O) groups is 4. The fourth-order valence-electron chi connectivity index (χ4n) is 2.77. The summed E-state index contributed by atoms with van der Waals surface area (Å²) in [7, 11) is 0. The van der Waals surface area contributed by atoms with Crippen molar-refractivity contribution in [1.82, 2.24) is 16.0 Å². The second kappa shape index (κ2) is 14.3. The Bertz CT molecular complexity index is 873. The van der Waals surface area contributed by atoms with Crippen LogP contribution in [0.25, 0.3) is 0 Å². The number of hydrogen-bond acceptors (Lipinski definition) is 8. The molecule has 14 nitrogen and oxygen atoms in total. The summed E-state index contributed by atoms with van der Waals surface area (Å²) in [6.45, 7) is -1.13. The van der Waals surface area contributed by atoms with Crippen LogP contribution in [0.4, 0.5) is 0 Å². The van der Waals surface area contributed by atoms with Crippen LogP contribution in [-0.4, -0.2) is 82.8 Å². The van der Waals surface area contributed by atoms with Gasteiger partial charge < -0.3 is 48.5 Å². The number of rotatable bonds is 14. The van der Waals surface area contributed by atoms with Gasteiger partial charge in [0.15, 0.2) is 5.96 Å². The molecular formula is C20H31N7O7. The monoisotopic (exact) mass is 481 g/mol. The lowest BCUT2D eigenvalue weighted by molar-refractivity contribution is -0.138. The predicted octanol–water partition coefficient (Wildman–Crippen LogP) is -3.52. The molecule has 34 heavy (non-hydrogen) atoms. The lowest BCUT2D eigenvalue weighted by Crippen LogP contribution is -2.57. The van der Waals surface area contributed by atoms with Crippen LogP contribution in [0.1, 0.15) is 18.4 Å². The number of carboxylic acids is 1. The first kappa shape index (κ1) is 28.1. The number of carboxylic acid groups (broad SMARTS) is 1. The number of phenols is 1. The summed E-state index contributed by atoms with van der Waals surface area (Å²) in [4.78, 5) is 52.3. The zero-order chi connectivity index (χ0) is 25.7. The SMILES string of the molecule is NC(N)=NCCCC(NC(=O)C(N)CO)C(=O)NC(Cc1ccc(O)cc1)C(=O)NCC(=O)O. The van der Waals surface area contributed by atoms with E-state index in [-0.39, 0.29) is 31.1 Å². The molecule has 1 aromatic rings. The summed E-state index contributed by atoms with van der Waals surface area (Å²) >= 11 is 0. The van der Waals surface area contributed by atoms with Crippen LogP contribution in [0.3, 0.4) is 0 Å². The second-order valence-corrected chi connectivity index (χ2v) is 7.34. The maximum Gasteiger partial charge on any atom is 0.322 e. The van der Waals surface area contributed by atoms with Crippen LogP contribution < -0.4 is 33.2 Å². The fourth-order valence-corrected chi connectivity index (χ4v) is 2.77. The first-order valence-electron chi connectivity index (χ1n) is 10.3. The van der Waals surface area contributed by atoms with E-state index in [1.807, 2.05) is 0 Å². The smallest absolute Gasteiger partial charge is 0.322 e. The number of nitrogens with one attached hydrogen (secondary N) is 3. The topological polar surface area (TPSA) is 255 Å². The normalized spacial score (nSPS) is 13.1. The maximum absolute atomic E-state index is 13.0. The Hall–Kier alpha value is -3.91. The molecule has 3 atom stereocenters. The third-order valence-electron chi connectivity index (χ3n) is 4.53. The molecule has 0 saturated heterocycles. The molecular weight excluding hydrogens is 450 g/mol. The van der Waals surface area contributed by atoms with Gasteiger partial charge >= 0.3 is 5.97 Å². The molecule has 0 radical (unpaired) electrons. The van der Waals surface area contributed by atoms with E-state index >= 15 is 0 Å². The molecule has 1 aromatic carbocycles. The zero-order valence-corrected chi connectivity index (χ0v) is 18.4. The summed E-state index contributed by atoms with van der Waals surface area (Å²) < 4.78 is 0. The van der Waals surface area contributed by atoms with Crippen molar-refractivity contribution >= 4 is 29.7 Å². The van der Waals surface area contributed by atoms with Crippen LogP contribution in [0.2, 0.25) is 0 Å². The summed E-state index contributed by atoms with van der Waals surface area (Å²) in [5, 5.41) is 34.5. The summed E-state index contributed by atoms with van der Waals surface area (Å²) in [5.74, 6) is -3.69. The third-order valence-corrected chi connectivity index (χ3v) is 4.53. The van der Waals surface area contributed by atoms with Crippen LogP contribution in [-0.2, 0) is 25.6 Å². The van der Waals surface area contributed by atoms with Gasteiger partial charge in [-0.15, -0.1) is 0 Å². The fraction of sp³-hybridized carbons (Fsp3) is 0.450. The van der Waals surface area contributed by atoms with E-state index in [9.17, 15) is 24.3 Å². The van der Waals surface area contributed by atoms with Gasteiger partial charge in [0.1, 0.15) is 30.4 Å². The minimum atomic E-state index is -1.27. The van der Waals surface area contributed by atoms with Gasteiger partial charge in [-0.05, 0) is 30.5 Å². The molecule has 0 saturated carbocycles. The van der Waals surface area contributed by atoms with Gasteiger partial charge in [0.2, 0.25) is 17.7 Å². The average molecular weight is 482 g/mol. The van der Waals surface area contributed by atoms with Crippen LogP contribution >= 0.6 is 0 Å². The summed E-state index contributed by atoms with van der Waals surface area (Å²) in [6, 6.07) is 2.26. The zero-order valence-electron chi connectivity index (χ0n) is 18.4. The Morgan fingerprint density at radius 2 is 1.59 bits per heavy atom. The molecule has 0 aromatic heterocycles. The highest BCUT2D eigenvalue weighted by molar-refractivity contribution is 5.93. The number of nitrogens with two attached hydrogens (primary N) is 3. The van der Waals surface area contributed by atoms with E-state index in [0.717, 1.165) is 0 Å². The molecule has 14 heteroatoms. The largest absolute Gasteiger partial charge is 0.508 e. The quantitative estimate of drug-likeness (QED) is 0.0718. The van der Waals surface area contributed by atoms with Gasteiger partial charge in [-0.3, -0.25) is 24.2 Å². The molecule has 1 rings (SSSR count). The van der Waals surface area contributed by atoms with Gasteiger partial charge in [0.05, 0.1) is 6.61 Å². The molecule has 0 bridgehead atoms. The standard InChI is InChI=1S/C20H31N7O7/c21-13(10-28)17(32)26-14(2-1-7-24-20(22)23)19(34)27-15(18(33)25-9-16(30)31)8-11-3-5-12(29)6-4-11/h3-6,13-15,28-29H,1-2,7-10,21H2,(H,25,33)(H,26,32)(H,27,34)(H,30,31)(H4,22,23,24). The predicted molar refractivity (Wildman–Crippen MR) is 121 cm³/mol. The van der Waals surface area contributed by atoms with Crippen LogP contribution in [0.15, 0.2) is 29.3 Å². The van der Waals surface area contributed by atoms with Gasteiger partial charge in [-0.25, -0.2) is 0 Å². The molecule has 12 N–H and O–H groups in total.